The van der Waals surface area contributed by atoms with Crippen LogP contribution in [0, 0.1) is 0 Å². The highest BCUT2D eigenvalue weighted by atomic mass is 79.9. The molecule has 0 saturated heterocycles. The van der Waals surface area contributed by atoms with Crippen LogP contribution < -0.4 is 32.9 Å². The van der Waals surface area contributed by atoms with Gasteiger partial charge in [0.05, 0.1) is 6.16 Å². The van der Waals surface area contributed by atoms with Gasteiger partial charge >= 0.3 is 0 Å². The smallest absolute Gasteiger partial charge is 0.116 e. The Bertz CT molecular complexity index is 1780. The Morgan fingerprint density at radius 2 is 0.795 bits per heavy atom. The molecule has 7 aromatic rings. The van der Waals surface area contributed by atoms with Gasteiger partial charge < -0.3 is 17.0 Å². The molecule has 0 radical (unpaired) electrons. The van der Waals surface area contributed by atoms with Crippen LogP contribution in [-0.2, 0) is 6.16 Å². The van der Waals surface area contributed by atoms with Gasteiger partial charge in [0.2, 0.25) is 0 Å². The summed E-state index contributed by atoms with van der Waals surface area (Å²) in [5.41, 5.74) is 1.38. The highest BCUT2D eigenvalue weighted by molar-refractivity contribution is 7.95. The van der Waals surface area contributed by atoms with Crippen LogP contribution >= 0.6 is 7.26 Å². The number of halogens is 1. The van der Waals surface area contributed by atoms with E-state index < -0.39 is 7.26 Å². The summed E-state index contributed by atoms with van der Waals surface area (Å²) in [4.78, 5) is 0. The fourth-order valence-corrected chi connectivity index (χ4v) is 10.2. The lowest BCUT2D eigenvalue weighted by Crippen LogP contribution is -3.00. The van der Waals surface area contributed by atoms with E-state index in [9.17, 15) is 0 Å². The Hall–Kier alpha value is -3.77. The van der Waals surface area contributed by atoms with E-state index in [0.717, 1.165) is 6.16 Å². The zero-order valence-corrected chi connectivity index (χ0v) is 24.0. The van der Waals surface area contributed by atoms with Crippen molar-refractivity contribution in [3.8, 4) is 0 Å². The van der Waals surface area contributed by atoms with Crippen molar-refractivity contribution in [3.63, 3.8) is 0 Å². The van der Waals surface area contributed by atoms with Crippen molar-refractivity contribution in [2.45, 2.75) is 6.16 Å². The van der Waals surface area contributed by atoms with Crippen LogP contribution in [0.15, 0.2) is 158 Å². The Kier molecular flexibility index (Phi) is 7.05. The van der Waals surface area contributed by atoms with Gasteiger partial charge in [0, 0.05) is 0 Å². The Morgan fingerprint density at radius 1 is 0.359 bits per heavy atom. The van der Waals surface area contributed by atoms with E-state index in [1.54, 1.807) is 0 Å². The maximum atomic E-state index is 2.45. The van der Waals surface area contributed by atoms with Crippen LogP contribution in [0.1, 0.15) is 5.56 Å². The Morgan fingerprint density at radius 3 is 1.36 bits per heavy atom. The minimum atomic E-state index is -1.95. The fourth-order valence-electron chi connectivity index (χ4n) is 6.01. The number of fused-ring (bicyclic) bond motifs is 5. The van der Waals surface area contributed by atoms with Crippen LogP contribution in [0.2, 0.25) is 0 Å². The molecular weight excluding hydrogens is 555 g/mol. The predicted molar refractivity (Wildman–Crippen MR) is 168 cm³/mol. The van der Waals surface area contributed by atoms with E-state index in [-0.39, 0.29) is 17.0 Å². The molecule has 0 spiro atoms. The summed E-state index contributed by atoms with van der Waals surface area (Å²) in [6.07, 6.45) is 0.977. The predicted octanol–water partition coefficient (Wildman–Crippen LogP) is 5.64. The molecule has 0 unspecified atom stereocenters. The second-order valence-corrected chi connectivity index (χ2v) is 13.5. The summed E-state index contributed by atoms with van der Waals surface area (Å²) in [5, 5.41) is 12.1. The highest BCUT2D eigenvalue weighted by Crippen LogP contribution is 2.58. The van der Waals surface area contributed by atoms with Gasteiger partial charge in [0.1, 0.15) is 23.2 Å². The first-order valence-electron chi connectivity index (χ1n) is 13.2. The Labute approximate surface area is 241 Å². The van der Waals surface area contributed by atoms with Gasteiger partial charge in [-0.3, -0.25) is 0 Å². The summed E-state index contributed by atoms with van der Waals surface area (Å²) in [7, 11) is -1.95. The number of hydrogen-bond acceptors (Lipinski definition) is 0. The lowest BCUT2D eigenvalue weighted by atomic mass is 9.96. The van der Waals surface area contributed by atoms with Crippen molar-refractivity contribution in [1.82, 2.24) is 0 Å². The minimum Gasteiger partial charge on any atom is -1.00 e. The number of hydrogen-bond donors (Lipinski definition) is 0. The molecule has 0 aliphatic carbocycles. The molecule has 0 atom stereocenters. The van der Waals surface area contributed by atoms with Crippen LogP contribution in [0.5, 0.6) is 0 Å². The van der Waals surface area contributed by atoms with Gasteiger partial charge in [-0.05, 0) is 80.3 Å². The third-order valence-corrected chi connectivity index (χ3v) is 12.2. The average molecular weight is 584 g/mol. The van der Waals surface area contributed by atoms with E-state index >= 15 is 0 Å². The molecule has 0 nitrogen and oxygen atoms in total. The molecule has 0 saturated carbocycles. The van der Waals surface area contributed by atoms with E-state index in [0.29, 0.717) is 0 Å². The third kappa shape index (κ3) is 4.47. The van der Waals surface area contributed by atoms with Gasteiger partial charge in [-0.25, -0.2) is 0 Å². The molecule has 7 aromatic carbocycles. The number of benzene rings is 7. The van der Waals surface area contributed by atoms with Crippen LogP contribution in [0.4, 0.5) is 0 Å². The summed E-state index contributed by atoms with van der Waals surface area (Å²) >= 11 is 0. The van der Waals surface area contributed by atoms with Crippen molar-refractivity contribution < 1.29 is 17.0 Å². The molecule has 0 aliphatic rings. The first-order chi connectivity index (χ1) is 18.8. The van der Waals surface area contributed by atoms with Crippen molar-refractivity contribution in [2.75, 3.05) is 0 Å². The van der Waals surface area contributed by atoms with E-state index in [4.69, 9.17) is 0 Å². The largest absolute Gasteiger partial charge is 1.00 e. The van der Waals surface area contributed by atoms with Gasteiger partial charge in [0.25, 0.3) is 0 Å². The van der Waals surface area contributed by atoms with Gasteiger partial charge in [-0.2, -0.15) is 0 Å². The average Bonchev–Trinajstić information content (AvgIpc) is 3.01. The molecule has 0 amide bonds. The van der Waals surface area contributed by atoms with E-state index in [1.165, 1.54) is 53.8 Å². The highest BCUT2D eigenvalue weighted by Gasteiger charge is 2.45. The quantitative estimate of drug-likeness (QED) is 0.182. The summed E-state index contributed by atoms with van der Waals surface area (Å²) < 4.78 is 0. The molecule has 0 aliphatic heterocycles. The van der Waals surface area contributed by atoms with Gasteiger partial charge in [-0.15, -0.1) is 0 Å². The molecule has 2 heteroatoms. The zero-order chi connectivity index (χ0) is 25.4. The first-order valence-corrected chi connectivity index (χ1v) is 15.2. The van der Waals surface area contributed by atoms with Gasteiger partial charge in [-0.1, -0.05) is 115 Å². The van der Waals surface area contributed by atoms with Crippen LogP contribution in [-0.4, -0.2) is 0 Å². The summed E-state index contributed by atoms with van der Waals surface area (Å²) in [6.45, 7) is 0. The molecule has 0 heterocycles. The third-order valence-electron chi connectivity index (χ3n) is 7.82. The molecule has 0 aromatic heterocycles. The molecule has 0 fully saturated rings. The SMILES string of the molecule is [Br-].c1ccc([P+](Cc2ccc3ccc4c5ccccc5ccc4c3c2)(c2ccccc2)c2ccccc2)cc1. The second-order valence-electron chi connectivity index (χ2n) is 9.98. The lowest BCUT2D eigenvalue weighted by molar-refractivity contribution is -0.00000712. The van der Waals surface area contributed by atoms with Crippen molar-refractivity contribution in [3.05, 3.63) is 163 Å². The first kappa shape index (κ1) is 25.5. The topological polar surface area (TPSA) is 0 Å². The fraction of sp³-hybridized carbons (Fsp3) is 0.0270. The molecule has 0 N–H and O–H groups in total. The van der Waals surface area contributed by atoms with E-state index in [2.05, 4.69) is 158 Å². The summed E-state index contributed by atoms with van der Waals surface area (Å²) in [5.74, 6) is 0. The van der Waals surface area contributed by atoms with Crippen molar-refractivity contribution >= 4 is 55.5 Å². The normalized spacial score (nSPS) is 11.5. The maximum absolute atomic E-state index is 2.45. The Balaban J connectivity index is 0.00000277. The molecule has 39 heavy (non-hydrogen) atoms. The lowest BCUT2D eigenvalue weighted by Gasteiger charge is -2.28. The molecule has 7 rings (SSSR count). The van der Waals surface area contributed by atoms with Crippen molar-refractivity contribution in [2.24, 2.45) is 0 Å². The van der Waals surface area contributed by atoms with Gasteiger partial charge in [0.15, 0.2) is 0 Å². The maximum Gasteiger partial charge on any atom is 0.116 e. The zero-order valence-electron chi connectivity index (χ0n) is 21.5. The van der Waals surface area contributed by atoms with Crippen LogP contribution in [0.3, 0.4) is 0 Å². The summed E-state index contributed by atoms with van der Waals surface area (Å²) in [6, 6.07) is 58.4. The van der Waals surface area contributed by atoms with Crippen molar-refractivity contribution in [1.29, 1.82) is 0 Å². The number of rotatable bonds is 5. The van der Waals surface area contributed by atoms with E-state index in [1.807, 2.05) is 0 Å². The molecule has 188 valence electrons. The molecule has 0 bridgehead atoms. The second kappa shape index (κ2) is 10.8. The minimum absolute atomic E-state index is 0. The standard InChI is InChI=1S/C37H28P.BrH/c1-4-13-31(14-5-1)38(32-15-6-2-7-16-32,33-17-8-3-9-18-33)27-28-20-21-30-23-24-35-34-19-11-10-12-29(34)22-25-36(35)37(30)26-28;/h1-26H,27H2;1H/q+1;/p-1. The molecular formula is C37H28BrP. The monoisotopic (exact) mass is 582 g/mol. The van der Waals surface area contributed by atoms with Crippen LogP contribution in [0.25, 0.3) is 32.3 Å².